The van der Waals surface area contributed by atoms with Crippen LogP contribution in [0.4, 0.5) is 0 Å². The molecule has 98 valence electrons. The first-order valence-corrected chi connectivity index (χ1v) is 7.62. The Bertz CT molecular complexity index is 407. The van der Waals surface area contributed by atoms with E-state index in [2.05, 4.69) is 24.3 Å². The van der Waals surface area contributed by atoms with E-state index in [9.17, 15) is 0 Å². The molecule has 18 heavy (non-hydrogen) atoms. The first-order valence-electron chi connectivity index (χ1n) is 7.18. The zero-order chi connectivity index (χ0) is 12.4. The Hall–Kier alpha value is -0.690. The molecule has 2 heteroatoms. The minimum absolute atomic E-state index is 0.00944. The van der Waals surface area contributed by atoms with Gasteiger partial charge < -0.3 is 4.74 Å². The average Bonchev–Trinajstić information content (AvgIpc) is 2.64. The summed E-state index contributed by atoms with van der Waals surface area (Å²) in [5.74, 6) is 1.07. The van der Waals surface area contributed by atoms with Crippen molar-refractivity contribution in [2.24, 2.45) is 0 Å². The van der Waals surface area contributed by atoms with Crippen LogP contribution in [0.2, 0.25) is 0 Å². The molecule has 0 bridgehead atoms. The zero-order valence-corrected chi connectivity index (χ0v) is 11.6. The van der Waals surface area contributed by atoms with Crippen LogP contribution >= 0.6 is 11.6 Å². The molecule has 0 aromatic heterocycles. The number of hydrogen-bond acceptors (Lipinski definition) is 1. The first kappa shape index (κ1) is 12.3. The fourth-order valence-electron chi connectivity index (χ4n) is 3.44. The van der Waals surface area contributed by atoms with Crippen molar-refractivity contribution < 1.29 is 4.74 Å². The maximum Gasteiger partial charge on any atom is 0.123 e. The second kappa shape index (κ2) is 5.13. The van der Waals surface area contributed by atoms with Gasteiger partial charge in [0.05, 0.1) is 0 Å². The Morgan fingerprint density at radius 3 is 2.56 bits per heavy atom. The lowest BCUT2D eigenvalue weighted by Gasteiger charge is -2.33. The molecule has 2 aliphatic rings. The molecule has 3 rings (SSSR count). The van der Waals surface area contributed by atoms with Gasteiger partial charge in [-0.25, -0.2) is 0 Å². The average molecular weight is 265 g/mol. The molecule has 1 aliphatic heterocycles. The van der Waals surface area contributed by atoms with Crippen molar-refractivity contribution in [1.82, 2.24) is 0 Å². The first-order chi connectivity index (χ1) is 8.77. The van der Waals surface area contributed by atoms with Gasteiger partial charge in [-0.1, -0.05) is 31.0 Å². The molecular formula is C16H21ClO. The summed E-state index contributed by atoms with van der Waals surface area (Å²) in [6.07, 6.45) is 9.55. The van der Waals surface area contributed by atoms with Crippen LogP contribution < -0.4 is 4.74 Å². The van der Waals surface area contributed by atoms with E-state index in [1.165, 1.54) is 44.1 Å². The van der Waals surface area contributed by atoms with Crippen molar-refractivity contribution in [3.05, 3.63) is 29.8 Å². The predicted molar refractivity (Wildman–Crippen MR) is 75.5 cm³/mol. The Kier molecular flexibility index (Phi) is 3.52. The van der Waals surface area contributed by atoms with Crippen molar-refractivity contribution in [1.29, 1.82) is 0 Å². The van der Waals surface area contributed by atoms with E-state index in [-0.39, 0.29) is 11.0 Å². The second-order valence-corrected chi connectivity index (χ2v) is 6.43. The largest absolute Gasteiger partial charge is 0.487 e. The van der Waals surface area contributed by atoms with Gasteiger partial charge in [-0.2, -0.15) is 0 Å². The van der Waals surface area contributed by atoms with E-state index in [0.29, 0.717) is 0 Å². The summed E-state index contributed by atoms with van der Waals surface area (Å²) in [4.78, 5) is 0. The lowest BCUT2D eigenvalue weighted by Crippen LogP contribution is -2.37. The summed E-state index contributed by atoms with van der Waals surface area (Å²) in [6, 6.07) is 8.41. The maximum atomic E-state index is 6.54. The molecule has 1 fully saturated rings. The number of benzene rings is 1. The maximum absolute atomic E-state index is 6.54. The van der Waals surface area contributed by atoms with Crippen molar-refractivity contribution in [2.45, 2.75) is 62.3 Å². The Labute approximate surface area is 114 Å². The molecule has 1 aliphatic carbocycles. The van der Waals surface area contributed by atoms with Gasteiger partial charge in [0, 0.05) is 11.8 Å². The third-order valence-electron chi connectivity index (χ3n) is 4.35. The predicted octanol–water partition coefficient (Wildman–Crippen LogP) is 4.71. The molecule has 1 unspecified atom stereocenters. The van der Waals surface area contributed by atoms with Gasteiger partial charge >= 0.3 is 0 Å². The molecule has 1 saturated carbocycles. The van der Waals surface area contributed by atoms with Crippen LogP contribution in [0.1, 0.15) is 50.5 Å². The molecule has 0 N–H and O–H groups in total. The Morgan fingerprint density at radius 2 is 1.78 bits per heavy atom. The van der Waals surface area contributed by atoms with E-state index in [0.717, 1.165) is 18.6 Å². The zero-order valence-electron chi connectivity index (χ0n) is 10.8. The normalized spacial score (nSPS) is 26.8. The van der Waals surface area contributed by atoms with Gasteiger partial charge in [0.1, 0.15) is 11.4 Å². The van der Waals surface area contributed by atoms with Crippen LogP contribution in [-0.2, 0) is 6.42 Å². The highest BCUT2D eigenvalue weighted by Gasteiger charge is 2.38. The summed E-state index contributed by atoms with van der Waals surface area (Å²) in [5, 5.41) is 0.215. The van der Waals surface area contributed by atoms with Crippen LogP contribution in [0, 0.1) is 0 Å². The molecule has 0 saturated heterocycles. The fraction of sp³-hybridized carbons (Fsp3) is 0.625. The van der Waals surface area contributed by atoms with Gasteiger partial charge in [-0.3, -0.25) is 0 Å². The third-order valence-corrected chi connectivity index (χ3v) is 4.66. The monoisotopic (exact) mass is 264 g/mol. The number of ether oxygens (including phenoxy) is 1. The van der Waals surface area contributed by atoms with Crippen molar-refractivity contribution in [3.8, 4) is 5.75 Å². The van der Waals surface area contributed by atoms with Gasteiger partial charge in [0.25, 0.3) is 0 Å². The second-order valence-electron chi connectivity index (χ2n) is 5.81. The summed E-state index contributed by atoms with van der Waals surface area (Å²) < 4.78 is 6.45. The lowest BCUT2D eigenvalue weighted by atomic mass is 9.88. The van der Waals surface area contributed by atoms with Crippen molar-refractivity contribution in [3.63, 3.8) is 0 Å². The minimum Gasteiger partial charge on any atom is -0.487 e. The minimum atomic E-state index is 0.00944. The number of halogens is 1. The Morgan fingerprint density at radius 1 is 1.06 bits per heavy atom. The fourth-order valence-corrected chi connectivity index (χ4v) is 3.89. The molecule has 1 nitrogen and oxygen atoms in total. The highest BCUT2D eigenvalue weighted by molar-refractivity contribution is 6.20. The molecule has 0 amide bonds. The standard InChI is InChI=1S/C16H21ClO/c17-14-11-13-7-3-4-8-15(13)18-16(12-14)9-5-1-2-6-10-16/h3-4,7-8,14H,1-2,5-6,9-12H2. The van der Waals surface area contributed by atoms with Gasteiger partial charge in [0.2, 0.25) is 0 Å². The van der Waals surface area contributed by atoms with Crippen LogP contribution in [0.5, 0.6) is 5.75 Å². The summed E-state index contributed by atoms with van der Waals surface area (Å²) in [5.41, 5.74) is 1.29. The van der Waals surface area contributed by atoms with Crippen LogP contribution in [0.3, 0.4) is 0 Å². The molecular weight excluding hydrogens is 244 g/mol. The molecule has 1 aromatic rings. The molecule has 1 heterocycles. The molecule has 0 radical (unpaired) electrons. The van der Waals surface area contributed by atoms with Gasteiger partial charge in [0.15, 0.2) is 0 Å². The van der Waals surface area contributed by atoms with Crippen LogP contribution in [0.25, 0.3) is 0 Å². The number of para-hydroxylation sites is 1. The number of alkyl halides is 1. The van der Waals surface area contributed by atoms with E-state index in [4.69, 9.17) is 16.3 Å². The van der Waals surface area contributed by atoms with Crippen molar-refractivity contribution in [2.75, 3.05) is 0 Å². The van der Waals surface area contributed by atoms with E-state index < -0.39 is 0 Å². The Balaban J connectivity index is 1.92. The third kappa shape index (κ3) is 2.51. The van der Waals surface area contributed by atoms with E-state index >= 15 is 0 Å². The highest BCUT2D eigenvalue weighted by Crippen LogP contribution is 2.41. The number of hydrogen-bond donors (Lipinski definition) is 0. The SMILES string of the molecule is ClC1Cc2ccccc2OC2(CCCCCC2)C1. The number of rotatable bonds is 0. The molecule has 1 spiro atoms. The van der Waals surface area contributed by atoms with Crippen LogP contribution in [0.15, 0.2) is 24.3 Å². The topological polar surface area (TPSA) is 9.23 Å². The quantitative estimate of drug-likeness (QED) is 0.617. The molecule has 1 atom stereocenters. The summed E-state index contributed by atoms with van der Waals surface area (Å²) >= 11 is 6.54. The van der Waals surface area contributed by atoms with E-state index in [1.807, 2.05) is 0 Å². The van der Waals surface area contributed by atoms with E-state index in [1.54, 1.807) is 0 Å². The highest BCUT2D eigenvalue weighted by atomic mass is 35.5. The smallest absolute Gasteiger partial charge is 0.123 e. The summed E-state index contributed by atoms with van der Waals surface area (Å²) in [6.45, 7) is 0. The number of fused-ring (bicyclic) bond motifs is 1. The van der Waals surface area contributed by atoms with Gasteiger partial charge in [-0.05, 0) is 43.7 Å². The van der Waals surface area contributed by atoms with Gasteiger partial charge in [-0.15, -0.1) is 11.6 Å². The lowest BCUT2D eigenvalue weighted by molar-refractivity contribution is 0.0475. The molecule has 1 aromatic carbocycles. The summed E-state index contributed by atoms with van der Waals surface area (Å²) in [7, 11) is 0. The van der Waals surface area contributed by atoms with Crippen molar-refractivity contribution >= 4 is 11.6 Å². The van der Waals surface area contributed by atoms with Crippen LogP contribution in [-0.4, -0.2) is 11.0 Å².